The molecule has 2 heterocycles. The molecule has 0 saturated carbocycles. The highest BCUT2D eigenvalue weighted by Gasteiger charge is 2.30. The zero-order chi connectivity index (χ0) is 22.3. The maximum atomic E-state index is 13.2. The van der Waals surface area contributed by atoms with Gasteiger partial charge in [0.15, 0.2) is 9.84 Å². The SMILES string of the molecule is Cc1ccc(N2CCN(C(=O)c3ccc(N4CCC4=O)cc3S(C)(=O)=O)CC2)c(C)c1. The summed E-state index contributed by atoms with van der Waals surface area (Å²) in [5.74, 6) is -0.330. The second kappa shape index (κ2) is 8.00. The third kappa shape index (κ3) is 4.17. The van der Waals surface area contributed by atoms with Crippen molar-refractivity contribution in [2.24, 2.45) is 0 Å². The van der Waals surface area contributed by atoms with Gasteiger partial charge in [0.25, 0.3) is 5.91 Å². The summed E-state index contributed by atoms with van der Waals surface area (Å²) in [4.78, 5) is 30.4. The fourth-order valence-electron chi connectivity index (χ4n) is 4.23. The minimum absolute atomic E-state index is 0.0218. The molecule has 0 N–H and O–H groups in total. The van der Waals surface area contributed by atoms with Gasteiger partial charge in [-0.2, -0.15) is 0 Å². The van der Waals surface area contributed by atoms with Crippen LogP contribution in [0.2, 0.25) is 0 Å². The van der Waals surface area contributed by atoms with Crippen LogP contribution in [0.25, 0.3) is 0 Å². The summed E-state index contributed by atoms with van der Waals surface area (Å²) in [5.41, 5.74) is 4.27. The second-order valence-corrected chi connectivity index (χ2v) is 10.3. The number of nitrogens with zero attached hydrogens (tertiary/aromatic N) is 3. The Morgan fingerprint density at radius 1 is 0.935 bits per heavy atom. The first kappa shape index (κ1) is 21.4. The number of hydrogen-bond acceptors (Lipinski definition) is 5. The van der Waals surface area contributed by atoms with E-state index >= 15 is 0 Å². The van der Waals surface area contributed by atoms with Crippen LogP contribution in [0.5, 0.6) is 0 Å². The first-order valence-electron chi connectivity index (χ1n) is 10.4. The Bertz CT molecular complexity index is 1150. The Morgan fingerprint density at radius 3 is 2.19 bits per heavy atom. The van der Waals surface area contributed by atoms with Gasteiger partial charge in [0.2, 0.25) is 5.91 Å². The number of benzene rings is 2. The second-order valence-electron chi connectivity index (χ2n) is 8.32. The van der Waals surface area contributed by atoms with Crippen LogP contribution < -0.4 is 9.80 Å². The number of hydrogen-bond donors (Lipinski definition) is 0. The lowest BCUT2D eigenvalue weighted by Gasteiger charge is -2.37. The van der Waals surface area contributed by atoms with Crippen LogP contribution in [0.15, 0.2) is 41.3 Å². The smallest absolute Gasteiger partial charge is 0.255 e. The normalized spacial score (nSPS) is 17.0. The fraction of sp³-hybridized carbons (Fsp3) is 0.391. The van der Waals surface area contributed by atoms with Gasteiger partial charge in [-0.1, -0.05) is 17.7 Å². The lowest BCUT2D eigenvalue weighted by Crippen LogP contribution is -2.49. The van der Waals surface area contributed by atoms with Gasteiger partial charge in [-0.05, 0) is 43.7 Å². The summed E-state index contributed by atoms with van der Waals surface area (Å²) in [5, 5.41) is 0. The molecule has 2 fully saturated rings. The van der Waals surface area contributed by atoms with E-state index in [0.29, 0.717) is 44.8 Å². The molecule has 164 valence electrons. The summed E-state index contributed by atoms with van der Waals surface area (Å²) < 4.78 is 24.8. The van der Waals surface area contributed by atoms with E-state index in [9.17, 15) is 18.0 Å². The quantitative estimate of drug-likeness (QED) is 0.681. The maximum Gasteiger partial charge on any atom is 0.255 e. The maximum absolute atomic E-state index is 13.2. The predicted molar refractivity (Wildman–Crippen MR) is 121 cm³/mol. The van der Waals surface area contributed by atoms with Crippen LogP contribution in [0, 0.1) is 13.8 Å². The molecular weight excluding hydrogens is 414 g/mol. The molecule has 31 heavy (non-hydrogen) atoms. The highest BCUT2D eigenvalue weighted by Crippen LogP contribution is 2.29. The average molecular weight is 442 g/mol. The predicted octanol–water partition coefficient (Wildman–Crippen LogP) is 2.41. The van der Waals surface area contributed by atoms with Crippen molar-refractivity contribution in [1.82, 2.24) is 4.90 Å². The highest BCUT2D eigenvalue weighted by molar-refractivity contribution is 7.90. The Morgan fingerprint density at radius 2 is 1.65 bits per heavy atom. The number of rotatable bonds is 4. The molecule has 0 bridgehead atoms. The lowest BCUT2D eigenvalue weighted by molar-refractivity contribution is -0.122. The molecule has 2 aromatic carbocycles. The molecule has 0 spiro atoms. The Labute approximate surface area is 183 Å². The van der Waals surface area contributed by atoms with Crippen molar-refractivity contribution >= 4 is 33.0 Å². The van der Waals surface area contributed by atoms with Gasteiger partial charge in [0, 0.05) is 56.8 Å². The molecule has 2 amide bonds. The van der Waals surface area contributed by atoms with Crippen molar-refractivity contribution < 1.29 is 18.0 Å². The van der Waals surface area contributed by atoms with Crippen LogP contribution in [-0.4, -0.2) is 64.1 Å². The molecule has 0 radical (unpaired) electrons. The third-order valence-electron chi connectivity index (χ3n) is 6.02. The van der Waals surface area contributed by atoms with Gasteiger partial charge in [-0.15, -0.1) is 0 Å². The van der Waals surface area contributed by atoms with Gasteiger partial charge in [0.1, 0.15) is 0 Å². The molecule has 2 saturated heterocycles. The van der Waals surface area contributed by atoms with Gasteiger partial charge in [-0.25, -0.2) is 8.42 Å². The molecule has 0 unspecified atom stereocenters. The van der Waals surface area contributed by atoms with Gasteiger partial charge in [0.05, 0.1) is 10.5 Å². The molecule has 2 aliphatic heterocycles. The lowest BCUT2D eigenvalue weighted by atomic mass is 10.1. The fourth-order valence-corrected chi connectivity index (χ4v) is 5.12. The number of amides is 2. The van der Waals surface area contributed by atoms with Crippen LogP contribution in [0.4, 0.5) is 11.4 Å². The summed E-state index contributed by atoms with van der Waals surface area (Å²) in [7, 11) is -3.63. The largest absolute Gasteiger partial charge is 0.368 e. The van der Waals surface area contributed by atoms with E-state index in [0.717, 1.165) is 11.9 Å². The molecular formula is C23H27N3O4S. The van der Waals surface area contributed by atoms with Crippen LogP contribution in [-0.2, 0) is 14.6 Å². The van der Waals surface area contributed by atoms with Gasteiger partial charge >= 0.3 is 0 Å². The summed E-state index contributed by atoms with van der Waals surface area (Å²) in [6.45, 7) is 7.12. The van der Waals surface area contributed by atoms with Gasteiger partial charge in [-0.3, -0.25) is 9.59 Å². The van der Waals surface area contributed by atoms with E-state index < -0.39 is 9.84 Å². The molecule has 2 aromatic rings. The summed E-state index contributed by atoms with van der Waals surface area (Å²) in [6.07, 6.45) is 1.55. The standard InChI is InChI=1S/C23H27N3O4S/c1-16-4-7-20(17(2)14-16)24-10-12-25(13-11-24)23(28)19-6-5-18(26-9-8-22(26)27)15-21(19)31(3,29)30/h4-7,14-15H,8-13H2,1-3H3. The van der Waals surface area contributed by atoms with Crippen molar-refractivity contribution in [2.45, 2.75) is 25.2 Å². The zero-order valence-corrected chi connectivity index (χ0v) is 18.9. The monoisotopic (exact) mass is 441 g/mol. The number of sulfone groups is 1. The van der Waals surface area contributed by atoms with Crippen LogP contribution in [0.3, 0.4) is 0 Å². The summed E-state index contributed by atoms with van der Waals surface area (Å²) in [6, 6.07) is 11.0. The number of carbonyl (C=O) groups is 2. The van der Waals surface area contributed by atoms with E-state index in [4.69, 9.17) is 0 Å². The zero-order valence-electron chi connectivity index (χ0n) is 18.1. The van der Waals surface area contributed by atoms with E-state index in [1.807, 2.05) is 0 Å². The first-order chi connectivity index (χ1) is 14.6. The van der Waals surface area contributed by atoms with E-state index in [-0.39, 0.29) is 22.3 Å². The number of anilines is 2. The van der Waals surface area contributed by atoms with Crippen molar-refractivity contribution in [3.05, 3.63) is 53.1 Å². The number of aryl methyl sites for hydroxylation is 2. The first-order valence-corrected chi connectivity index (χ1v) is 12.3. The minimum Gasteiger partial charge on any atom is -0.368 e. The minimum atomic E-state index is -3.63. The molecule has 4 rings (SSSR count). The Hall–Kier alpha value is -2.87. The number of piperazine rings is 1. The molecule has 0 aliphatic carbocycles. The third-order valence-corrected chi connectivity index (χ3v) is 7.15. The Kier molecular flexibility index (Phi) is 5.51. The average Bonchev–Trinajstić information content (AvgIpc) is 2.72. The van der Waals surface area contributed by atoms with Gasteiger partial charge < -0.3 is 14.7 Å². The Balaban J connectivity index is 1.54. The molecule has 2 aliphatic rings. The van der Waals surface area contributed by atoms with Crippen molar-refractivity contribution in [3.63, 3.8) is 0 Å². The summed E-state index contributed by atoms with van der Waals surface area (Å²) >= 11 is 0. The molecule has 0 aromatic heterocycles. The molecule has 0 atom stereocenters. The van der Waals surface area contributed by atoms with E-state index in [2.05, 4.69) is 36.9 Å². The van der Waals surface area contributed by atoms with Crippen molar-refractivity contribution in [2.75, 3.05) is 48.8 Å². The van der Waals surface area contributed by atoms with E-state index in [1.165, 1.54) is 28.2 Å². The molecule has 8 heteroatoms. The topological polar surface area (TPSA) is 78.0 Å². The number of carbonyl (C=O) groups excluding carboxylic acids is 2. The van der Waals surface area contributed by atoms with Crippen molar-refractivity contribution in [1.29, 1.82) is 0 Å². The highest BCUT2D eigenvalue weighted by atomic mass is 32.2. The van der Waals surface area contributed by atoms with Crippen LogP contribution in [0.1, 0.15) is 27.9 Å². The van der Waals surface area contributed by atoms with Crippen molar-refractivity contribution in [3.8, 4) is 0 Å². The molecule has 7 nitrogen and oxygen atoms in total. The van der Waals surface area contributed by atoms with Crippen LogP contribution >= 0.6 is 0 Å². The number of β-lactam (4-membered cyclic amide) rings is 1. The van der Waals surface area contributed by atoms with E-state index in [1.54, 1.807) is 11.0 Å².